The van der Waals surface area contributed by atoms with Crippen LogP contribution in [-0.2, 0) is 17.8 Å². The number of aromatic nitrogens is 1. The summed E-state index contributed by atoms with van der Waals surface area (Å²) >= 11 is 0. The van der Waals surface area contributed by atoms with Gasteiger partial charge >= 0.3 is 6.18 Å². The molecule has 30 heavy (non-hydrogen) atoms. The minimum atomic E-state index is -4.30. The maximum absolute atomic E-state index is 13.5. The quantitative estimate of drug-likeness (QED) is 0.443. The number of H-pyrrole nitrogens is 1. The lowest BCUT2D eigenvalue weighted by atomic mass is 10.0. The number of fused-ring (bicyclic) bond motifs is 1. The van der Waals surface area contributed by atoms with E-state index in [4.69, 9.17) is 4.74 Å². The van der Waals surface area contributed by atoms with Crippen LogP contribution in [0.1, 0.15) is 43.7 Å². The predicted octanol–water partition coefficient (Wildman–Crippen LogP) is 6.83. The van der Waals surface area contributed by atoms with E-state index in [0.717, 1.165) is 35.2 Å². The zero-order valence-electron chi connectivity index (χ0n) is 17.1. The Morgan fingerprint density at radius 1 is 1.10 bits per heavy atom. The summed E-state index contributed by atoms with van der Waals surface area (Å²) in [4.78, 5) is 3.33. The normalized spacial score (nSPS) is 15.2. The molecule has 0 spiro atoms. The number of anilines is 1. The molecule has 1 aromatic heterocycles. The van der Waals surface area contributed by atoms with E-state index in [1.165, 1.54) is 12.8 Å². The largest absolute Gasteiger partial charge is 0.393 e. The van der Waals surface area contributed by atoms with Crippen LogP contribution in [0.4, 0.5) is 18.9 Å². The second kappa shape index (κ2) is 8.72. The SMILES string of the molecule is CCOCc1cc(NC2CCCC2)c2[nH]c(-c3ccccc3)c(CC(F)(F)F)c2c1. The van der Waals surface area contributed by atoms with E-state index < -0.39 is 12.6 Å². The van der Waals surface area contributed by atoms with E-state index in [0.29, 0.717) is 30.3 Å². The molecule has 0 aliphatic heterocycles. The highest BCUT2D eigenvalue weighted by Crippen LogP contribution is 2.39. The highest BCUT2D eigenvalue weighted by Gasteiger charge is 2.32. The predicted molar refractivity (Wildman–Crippen MR) is 115 cm³/mol. The van der Waals surface area contributed by atoms with E-state index in [2.05, 4.69) is 10.3 Å². The monoisotopic (exact) mass is 416 g/mol. The smallest absolute Gasteiger partial charge is 0.381 e. The number of benzene rings is 2. The van der Waals surface area contributed by atoms with Crippen molar-refractivity contribution < 1.29 is 17.9 Å². The molecular formula is C24H27F3N2O. The van der Waals surface area contributed by atoms with Crippen molar-refractivity contribution in [3.8, 4) is 11.3 Å². The average molecular weight is 416 g/mol. The van der Waals surface area contributed by atoms with Crippen molar-refractivity contribution in [2.45, 2.75) is 57.9 Å². The Labute approximate surface area is 174 Å². The summed E-state index contributed by atoms with van der Waals surface area (Å²) in [5.74, 6) is 0. The van der Waals surface area contributed by atoms with Gasteiger partial charge in [-0.25, -0.2) is 0 Å². The van der Waals surface area contributed by atoms with Crippen molar-refractivity contribution >= 4 is 16.6 Å². The molecule has 1 heterocycles. The fraction of sp³-hybridized carbons (Fsp3) is 0.417. The molecule has 1 saturated carbocycles. The lowest BCUT2D eigenvalue weighted by molar-refractivity contribution is -0.126. The Hall–Kier alpha value is -2.47. The van der Waals surface area contributed by atoms with Gasteiger partial charge in [0, 0.05) is 18.0 Å². The third kappa shape index (κ3) is 4.64. The third-order valence-corrected chi connectivity index (χ3v) is 5.70. The maximum Gasteiger partial charge on any atom is 0.393 e. The van der Waals surface area contributed by atoms with Gasteiger partial charge in [-0.2, -0.15) is 13.2 Å². The maximum atomic E-state index is 13.5. The number of alkyl halides is 3. The van der Waals surface area contributed by atoms with Gasteiger partial charge in [-0.1, -0.05) is 43.2 Å². The first-order chi connectivity index (χ1) is 14.4. The van der Waals surface area contributed by atoms with Crippen molar-refractivity contribution in [2.24, 2.45) is 0 Å². The van der Waals surface area contributed by atoms with Gasteiger partial charge in [0.2, 0.25) is 0 Å². The molecule has 0 amide bonds. The second-order valence-electron chi connectivity index (χ2n) is 7.97. The lowest BCUT2D eigenvalue weighted by Crippen LogP contribution is -2.15. The molecule has 4 rings (SSSR count). The molecular weight excluding hydrogens is 389 g/mol. The summed E-state index contributed by atoms with van der Waals surface area (Å²) in [5.41, 5.74) is 4.06. The highest BCUT2D eigenvalue weighted by atomic mass is 19.4. The Balaban J connectivity index is 1.88. The van der Waals surface area contributed by atoms with Gasteiger partial charge in [-0.15, -0.1) is 0 Å². The number of halogens is 3. The van der Waals surface area contributed by atoms with Crippen LogP contribution in [0.5, 0.6) is 0 Å². The zero-order chi connectivity index (χ0) is 21.1. The molecule has 1 aliphatic carbocycles. The summed E-state index contributed by atoms with van der Waals surface area (Å²) in [5, 5.41) is 4.20. The second-order valence-corrected chi connectivity index (χ2v) is 7.97. The summed E-state index contributed by atoms with van der Waals surface area (Å²) in [7, 11) is 0. The minimum absolute atomic E-state index is 0.288. The highest BCUT2D eigenvalue weighted by molar-refractivity contribution is 5.99. The van der Waals surface area contributed by atoms with Gasteiger partial charge in [0.05, 0.1) is 29.9 Å². The fourth-order valence-corrected chi connectivity index (χ4v) is 4.35. The molecule has 6 heteroatoms. The van der Waals surface area contributed by atoms with Crippen LogP contribution >= 0.6 is 0 Å². The number of aromatic amines is 1. The lowest BCUT2D eigenvalue weighted by Gasteiger charge is -2.16. The number of nitrogens with one attached hydrogen (secondary N) is 2. The van der Waals surface area contributed by atoms with Crippen LogP contribution in [0.15, 0.2) is 42.5 Å². The van der Waals surface area contributed by atoms with Gasteiger partial charge in [0.1, 0.15) is 0 Å². The summed E-state index contributed by atoms with van der Waals surface area (Å²) in [6.07, 6.45) is -0.749. The van der Waals surface area contributed by atoms with E-state index in [1.807, 2.05) is 49.4 Å². The molecule has 1 fully saturated rings. The molecule has 2 aromatic carbocycles. The topological polar surface area (TPSA) is 37.0 Å². The molecule has 0 bridgehead atoms. The molecule has 0 unspecified atom stereocenters. The fourth-order valence-electron chi connectivity index (χ4n) is 4.35. The Bertz CT molecular complexity index is 989. The molecule has 2 N–H and O–H groups in total. The Kier molecular flexibility index (Phi) is 6.04. The first kappa shape index (κ1) is 20.8. The van der Waals surface area contributed by atoms with E-state index >= 15 is 0 Å². The zero-order valence-corrected chi connectivity index (χ0v) is 17.1. The van der Waals surface area contributed by atoms with Crippen molar-refractivity contribution in [3.63, 3.8) is 0 Å². The van der Waals surface area contributed by atoms with Crippen molar-refractivity contribution in [1.82, 2.24) is 4.98 Å². The van der Waals surface area contributed by atoms with E-state index in [-0.39, 0.29) is 5.56 Å². The number of hydrogen-bond donors (Lipinski definition) is 2. The standard InChI is InChI=1S/C24H27F3N2O/c1-2-30-15-16-12-19-20(14-24(25,26)27)22(17-8-4-3-5-9-17)29-23(19)21(13-16)28-18-10-6-7-11-18/h3-5,8-9,12-13,18,28-29H,2,6-7,10-11,14-15H2,1H3. The van der Waals surface area contributed by atoms with Crippen molar-refractivity contribution in [2.75, 3.05) is 11.9 Å². The van der Waals surface area contributed by atoms with Crippen LogP contribution in [0, 0.1) is 0 Å². The van der Waals surface area contributed by atoms with Crippen LogP contribution in [0.2, 0.25) is 0 Å². The summed E-state index contributed by atoms with van der Waals surface area (Å²) in [6.45, 7) is 2.85. The Morgan fingerprint density at radius 3 is 2.50 bits per heavy atom. The molecule has 0 atom stereocenters. The van der Waals surface area contributed by atoms with E-state index in [1.54, 1.807) is 0 Å². The van der Waals surface area contributed by atoms with Gasteiger partial charge in [-0.05, 0) is 48.6 Å². The van der Waals surface area contributed by atoms with Crippen molar-refractivity contribution in [1.29, 1.82) is 0 Å². The third-order valence-electron chi connectivity index (χ3n) is 5.70. The molecule has 3 nitrogen and oxygen atoms in total. The van der Waals surface area contributed by atoms with Gasteiger partial charge < -0.3 is 15.0 Å². The summed E-state index contributed by atoms with van der Waals surface area (Å²) in [6, 6.07) is 13.4. The molecule has 0 radical (unpaired) electrons. The molecule has 160 valence electrons. The van der Waals surface area contributed by atoms with Gasteiger partial charge in [0.15, 0.2) is 0 Å². The Morgan fingerprint density at radius 2 is 1.83 bits per heavy atom. The first-order valence-corrected chi connectivity index (χ1v) is 10.6. The van der Waals surface area contributed by atoms with Crippen LogP contribution in [0.3, 0.4) is 0 Å². The van der Waals surface area contributed by atoms with Crippen LogP contribution in [0.25, 0.3) is 22.2 Å². The molecule has 0 saturated heterocycles. The average Bonchev–Trinajstić information content (AvgIpc) is 3.34. The molecule has 3 aromatic rings. The van der Waals surface area contributed by atoms with Crippen LogP contribution in [-0.4, -0.2) is 23.8 Å². The van der Waals surface area contributed by atoms with E-state index in [9.17, 15) is 13.2 Å². The number of hydrogen-bond acceptors (Lipinski definition) is 2. The molecule has 1 aliphatic rings. The van der Waals surface area contributed by atoms with Gasteiger partial charge in [0.25, 0.3) is 0 Å². The number of ether oxygens (including phenoxy) is 1. The van der Waals surface area contributed by atoms with Crippen molar-refractivity contribution in [3.05, 3.63) is 53.6 Å². The van der Waals surface area contributed by atoms with Crippen LogP contribution < -0.4 is 5.32 Å². The first-order valence-electron chi connectivity index (χ1n) is 10.6. The minimum Gasteiger partial charge on any atom is -0.381 e. The number of rotatable bonds is 7. The summed E-state index contributed by atoms with van der Waals surface area (Å²) < 4.78 is 46.1. The van der Waals surface area contributed by atoms with Gasteiger partial charge in [-0.3, -0.25) is 0 Å².